The Labute approximate surface area is 171 Å². The predicted octanol–water partition coefficient (Wildman–Crippen LogP) is 3.09. The number of aromatic nitrogens is 1. The van der Waals surface area contributed by atoms with Gasteiger partial charge in [0.05, 0.1) is 18.2 Å². The highest BCUT2D eigenvalue weighted by atomic mass is 32.1. The van der Waals surface area contributed by atoms with E-state index in [0.29, 0.717) is 13.2 Å². The molecule has 152 valence electrons. The lowest BCUT2D eigenvalue weighted by atomic mass is 10.1. The Morgan fingerprint density at radius 1 is 1.39 bits per heavy atom. The molecule has 1 aromatic carbocycles. The van der Waals surface area contributed by atoms with Crippen molar-refractivity contribution in [1.29, 1.82) is 0 Å². The van der Waals surface area contributed by atoms with E-state index in [9.17, 15) is 0 Å². The van der Waals surface area contributed by atoms with E-state index in [1.54, 1.807) is 18.4 Å². The lowest BCUT2D eigenvalue weighted by Gasteiger charge is -2.18. The first-order chi connectivity index (χ1) is 13.7. The molecule has 1 aliphatic heterocycles. The maximum atomic E-state index is 6.17. The van der Waals surface area contributed by atoms with Gasteiger partial charge in [-0.2, -0.15) is 0 Å². The van der Waals surface area contributed by atoms with Crippen LogP contribution in [-0.2, 0) is 24.1 Å². The molecule has 0 spiro atoms. The van der Waals surface area contributed by atoms with Crippen molar-refractivity contribution in [3.05, 3.63) is 45.4 Å². The molecule has 2 N–H and O–H groups in total. The van der Waals surface area contributed by atoms with Crippen LogP contribution in [0.1, 0.15) is 34.4 Å². The number of thiazole rings is 1. The third-order valence-corrected chi connectivity index (χ3v) is 5.86. The van der Waals surface area contributed by atoms with E-state index in [2.05, 4.69) is 52.7 Å². The molecule has 0 aliphatic carbocycles. The van der Waals surface area contributed by atoms with Crippen molar-refractivity contribution in [2.45, 2.75) is 45.8 Å². The van der Waals surface area contributed by atoms with Gasteiger partial charge in [-0.1, -0.05) is 19.1 Å². The summed E-state index contributed by atoms with van der Waals surface area (Å²) >= 11 is 1.78. The standard InChI is InChI=1S/C21H30N4O2S/c1-4-18-13-24-20(28-18)7-9-23-21(22-3)25-12-16-6-5-15(2)11-19(16)27-17-8-10-26-14-17/h5-6,11,13,17H,4,7-10,12,14H2,1-3H3,(H2,22,23,25). The van der Waals surface area contributed by atoms with Crippen molar-refractivity contribution >= 4 is 17.3 Å². The molecule has 0 amide bonds. The quantitative estimate of drug-likeness (QED) is 0.525. The van der Waals surface area contributed by atoms with Gasteiger partial charge >= 0.3 is 0 Å². The summed E-state index contributed by atoms with van der Waals surface area (Å²) in [6.07, 6.45) is 5.00. The topological polar surface area (TPSA) is 67.8 Å². The Balaban J connectivity index is 1.51. The molecular formula is C21H30N4O2S. The van der Waals surface area contributed by atoms with Crippen LogP contribution in [0.2, 0.25) is 0 Å². The molecule has 1 unspecified atom stereocenters. The number of hydrogen-bond acceptors (Lipinski definition) is 5. The van der Waals surface area contributed by atoms with Gasteiger partial charge in [0.25, 0.3) is 0 Å². The van der Waals surface area contributed by atoms with Crippen LogP contribution in [0.25, 0.3) is 0 Å². The van der Waals surface area contributed by atoms with Crippen LogP contribution in [0.5, 0.6) is 5.75 Å². The van der Waals surface area contributed by atoms with Crippen LogP contribution in [0, 0.1) is 6.92 Å². The van der Waals surface area contributed by atoms with Crippen LogP contribution >= 0.6 is 11.3 Å². The summed E-state index contributed by atoms with van der Waals surface area (Å²) in [5.74, 6) is 1.70. The summed E-state index contributed by atoms with van der Waals surface area (Å²) in [5.41, 5.74) is 2.31. The summed E-state index contributed by atoms with van der Waals surface area (Å²) < 4.78 is 11.6. The van der Waals surface area contributed by atoms with Crippen LogP contribution in [0.15, 0.2) is 29.4 Å². The van der Waals surface area contributed by atoms with Crippen molar-refractivity contribution in [3.8, 4) is 5.75 Å². The zero-order valence-electron chi connectivity index (χ0n) is 17.0. The van der Waals surface area contributed by atoms with E-state index in [4.69, 9.17) is 9.47 Å². The molecule has 1 aliphatic rings. The van der Waals surface area contributed by atoms with E-state index < -0.39 is 0 Å². The summed E-state index contributed by atoms with van der Waals surface area (Å²) in [6.45, 7) is 7.13. The molecule has 0 saturated carbocycles. The Morgan fingerprint density at radius 2 is 2.29 bits per heavy atom. The molecule has 28 heavy (non-hydrogen) atoms. The van der Waals surface area contributed by atoms with Crippen LogP contribution in [0.3, 0.4) is 0 Å². The first kappa shape index (κ1) is 20.6. The summed E-state index contributed by atoms with van der Waals surface area (Å²) in [6, 6.07) is 6.32. The zero-order valence-corrected chi connectivity index (χ0v) is 17.8. The molecule has 1 aromatic heterocycles. The minimum atomic E-state index is 0.143. The lowest BCUT2D eigenvalue weighted by Crippen LogP contribution is -2.38. The van der Waals surface area contributed by atoms with Gasteiger partial charge < -0.3 is 20.1 Å². The molecule has 1 saturated heterocycles. The molecule has 2 heterocycles. The Bertz CT molecular complexity index is 784. The maximum Gasteiger partial charge on any atom is 0.191 e. The molecule has 0 radical (unpaired) electrons. The first-order valence-electron chi connectivity index (χ1n) is 9.90. The van der Waals surface area contributed by atoms with Gasteiger partial charge in [-0.3, -0.25) is 4.99 Å². The number of nitrogens with one attached hydrogen (secondary N) is 2. The third kappa shape index (κ3) is 5.94. The maximum absolute atomic E-state index is 6.17. The highest BCUT2D eigenvalue weighted by molar-refractivity contribution is 7.11. The Hall–Kier alpha value is -2.12. The number of rotatable bonds is 8. The summed E-state index contributed by atoms with van der Waals surface area (Å²) in [7, 11) is 1.79. The average molecular weight is 403 g/mol. The van der Waals surface area contributed by atoms with Crippen molar-refractivity contribution in [2.24, 2.45) is 4.99 Å². The molecular weight excluding hydrogens is 372 g/mol. The van der Waals surface area contributed by atoms with Crippen molar-refractivity contribution in [2.75, 3.05) is 26.8 Å². The van der Waals surface area contributed by atoms with Crippen LogP contribution in [-0.4, -0.2) is 43.9 Å². The Kier molecular flexibility index (Phi) is 7.68. The van der Waals surface area contributed by atoms with Crippen molar-refractivity contribution < 1.29 is 9.47 Å². The van der Waals surface area contributed by atoms with E-state index in [0.717, 1.165) is 54.7 Å². The fourth-order valence-electron chi connectivity index (χ4n) is 3.02. The monoisotopic (exact) mass is 402 g/mol. The van der Waals surface area contributed by atoms with Crippen molar-refractivity contribution in [3.63, 3.8) is 0 Å². The smallest absolute Gasteiger partial charge is 0.191 e. The first-order valence-corrected chi connectivity index (χ1v) is 10.7. The Morgan fingerprint density at radius 3 is 3.00 bits per heavy atom. The van der Waals surface area contributed by atoms with Crippen LogP contribution < -0.4 is 15.4 Å². The van der Waals surface area contributed by atoms with E-state index >= 15 is 0 Å². The lowest BCUT2D eigenvalue weighted by molar-refractivity contribution is 0.140. The van der Waals surface area contributed by atoms with Gasteiger partial charge in [0.15, 0.2) is 5.96 Å². The van der Waals surface area contributed by atoms with Crippen LogP contribution in [0.4, 0.5) is 0 Å². The number of ether oxygens (including phenoxy) is 2. The molecule has 2 aromatic rings. The van der Waals surface area contributed by atoms with Crippen molar-refractivity contribution in [1.82, 2.24) is 15.6 Å². The number of hydrogen-bond donors (Lipinski definition) is 2. The fourth-order valence-corrected chi connectivity index (χ4v) is 3.88. The predicted molar refractivity (Wildman–Crippen MR) is 114 cm³/mol. The minimum Gasteiger partial charge on any atom is -0.488 e. The number of guanidine groups is 1. The van der Waals surface area contributed by atoms with E-state index in [1.165, 1.54) is 10.4 Å². The zero-order chi connectivity index (χ0) is 19.8. The largest absolute Gasteiger partial charge is 0.488 e. The van der Waals surface area contributed by atoms with Gasteiger partial charge in [0.2, 0.25) is 0 Å². The summed E-state index contributed by atoms with van der Waals surface area (Å²) in [4.78, 5) is 10.1. The van der Waals surface area contributed by atoms with Gasteiger partial charge in [-0.15, -0.1) is 11.3 Å². The molecule has 1 fully saturated rings. The molecule has 7 heteroatoms. The second-order valence-corrected chi connectivity index (χ2v) is 8.09. The minimum absolute atomic E-state index is 0.143. The highest BCUT2D eigenvalue weighted by Gasteiger charge is 2.18. The number of aliphatic imine (C=N–C) groups is 1. The second kappa shape index (κ2) is 10.4. The van der Waals surface area contributed by atoms with E-state index in [-0.39, 0.29) is 6.10 Å². The SMILES string of the molecule is CCc1cnc(CCNC(=NC)NCc2ccc(C)cc2OC2CCOC2)s1. The van der Waals surface area contributed by atoms with Gasteiger partial charge in [0.1, 0.15) is 11.9 Å². The second-order valence-electron chi connectivity index (χ2n) is 6.89. The molecule has 0 bridgehead atoms. The fraction of sp³-hybridized carbons (Fsp3) is 0.524. The molecule has 6 nitrogen and oxygen atoms in total. The third-order valence-electron chi connectivity index (χ3n) is 4.66. The molecule has 3 rings (SSSR count). The average Bonchev–Trinajstić information content (AvgIpc) is 3.37. The normalized spacial score (nSPS) is 17.0. The molecule has 1 atom stereocenters. The van der Waals surface area contributed by atoms with Gasteiger partial charge in [-0.05, 0) is 25.0 Å². The summed E-state index contributed by atoms with van der Waals surface area (Å²) in [5, 5.41) is 7.91. The van der Waals surface area contributed by atoms with Gasteiger partial charge in [-0.25, -0.2) is 4.98 Å². The number of benzene rings is 1. The van der Waals surface area contributed by atoms with E-state index in [1.807, 2.05) is 6.20 Å². The number of nitrogens with zero attached hydrogens (tertiary/aromatic N) is 2. The highest BCUT2D eigenvalue weighted by Crippen LogP contribution is 2.23. The van der Waals surface area contributed by atoms with Gasteiger partial charge in [0, 0.05) is 49.6 Å². The number of aryl methyl sites for hydroxylation is 2.